The Bertz CT molecular complexity index is 286. The second kappa shape index (κ2) is 4.56. The van der Waals surface area contributed by atoms with Gasteiger partial charge in [-0.1, -0.05) is 13.8 Å². The number of hydrogen-bond donors (Lipinski definition) is 0. The highest BCUT2D eigenvalue weighted by molar-refractivity contribution is 7.10. The Morgan fingerprint density at radius 1 is 1.54 bits per heavy atom. The maximum absolute atomic E-state index is 11.4. The summed E-state index contributed by atoms with van der Waals surface area (Å²) in [5.74, 6) is 0.546. The van der Waals surface area contributed by atoms with Crippen molar-refractivity contribution in [3.63, 3.8) is 0 Å². The van der Waals surface area contributed by atoms with Gasteiger partial charge in [-0.3, -0.25) is 4.79 Å². The van der Waals surface area contributed by atoms with E-state index < -0.39 is 0 Å². The second-order valence-electron chi connectivity index (χ2n) is 3.62. The Kier molecular flexibility index (Phi) is 3.67. The van der Waals surface area contributed by atoms with E-state index in [2.05, 4.69) is 18.4 Å². The Morgan fingerprint density at radius 3 is 2.69 bits per heavy atom. The van der Waals surface area contributed by atoms with E-state index in [1.165, 1.54) is 10.4 Å². The minimum absolute atomic E-state index is 0.180. The topological polar surface area (TPSA) is 17.1 Å². The molecule has 1 heterocycles. The molecule has 0 radical (unpaired) electrons. The van der Waals surface area contributed by atoms with Crippen molar-refractivity contribution in [2.24, 2.45) is 5.92 Å². The predicted octanol–water partition coefficient (Wildman–Crippen LogP) is 3.21. The molecule has 0 aliphatic heterocycles. The molecule has 13 heavy (non-hydrogen) atoms. The molecule has 1 aromatic rings. The Balaban J connectivity index is 2.44. The first-order valence-corrected chi connectivity index (χ1v) is 5.55. The fourth-order valence-electron chi connectivity index (χ4n) is 1.22. The van der Waals surface area contributed by atoms with E-state index in [0.29, 0.717) is 12.2 Å². The molecule has 0 aliphatic rings. The maximum Gasteiger partial charge on any atom is 0.135 e. The summed E-state index contributed by atoms with van der Waals surface area (Å²) in [4.78, 5) is 12.7. The predicted molar refractivity (Wildman–Crippen MR) is 57.2 cm³/mol. The van der Waals surface area contributed by atoms with E-state index in [9.17, 15) is 4.79 Å². The van der Waals surface area contributed by atoms with Crippen molar-refractivity contribution in [2.75, 3.05) is 0 Å². The Morgan fingerprint density at radius 2 is 2.23 bits per heavy atom. The highest BCUT2D eigenvalue weighted by atomic mass is 32.1. The molecular formula is C11H16OS. The molecule has 0 aliphatic carbocycles. The quantitative estimate of drug-likeness (QED) is 0.722. The number of Topliss-reactive ketones (excluding diaryl/α,β-unsaturated/α-hetero) is 1. The van der Waals surface area contributed by atoms with Crippen LogP contribution in [0, 0.1) is 12.8 Å². The minimum atomic E-state index is 0.180. The number of ketones is 1. The lowest BCUT2D eigenvalue weighted by Gasteiger charge is -2.03. The Labute approximate surface area is 83.8 Å². The van der Waals surface area contributed by atoms with Gasteiger partial charge in [-0.15, -0.1) is 11.3 Å². The standard InChI is InChI=1S/C11H16OS/c1-8(2)11(12)5-4-10-6-7-13-9(10)3/h6-8H,4-5H2,1-3H3. The Hall–Kier alpha value is -0.630. The summed E-state index contributed by atoms with van der Waals surface area (Å²) in [6.45, 7) is 6.03. The highest BCUT2D eigenvalue weighted by Gasteiger charge is 2.08. The van der Waals surface area contributed by atoms with Gasteiger partial charge < -0.3 is 0 Å². The summed E-state index contributed by atoms with van der Waals surface area (Å²) in [7, 11) is 0. The molecule has 1 aromatic heterocycles. The molecule has 1 nitrogen and oxygen atoms in total. The molecule has 0 aromatic carbocycles. The van der Waals surface area contributed by atoms with Crippen LogP contribution < -0.4 is 0 Å². The van der Waals surface area contributed by atoms with Crippen molar-refractivity contribution in [3.05, 3.63) is 21.9 Å². The van der Waals surface area contributed by atoms with Crippen LogP contribution in [0.1, 0.15) is 30.7 Å². The average Bonchev–Trinajstić information content (AvgIpc) is 2.47. The van der Waals surface area contributed by atoms with Crippen molar-refractivity contribution in [1.29, 1.82) is 0 Å². The fourth-order valence-corrected chi connectivity index (χ4v) is 1.98. The molecule has 0 atom stereocenters. The molecule has 72 valence electrons. The van der Waals surface area contributed by atoms with E-state index >= 15 is 0 Å². The molecule has 0 saturated heterocycles. The van der Waals surface area contributed by atoms with Crippen molar-refractivity contribution >= 4 is 17.1 Å². The summed E-state index contributed by atoms with van der Waals surface area (Å²) in [5, 5.41) is 2.09. The van der Waals surface area contributed by atoms with Crippen LogP contribution in [0.15, 0.2) is 11.4 Å². The molecule has 0 unspecified atom stereocenters. The van der Waals surface area contributed by atoms with E-state index in [1.54, 1.807) is 11.3 Å². The van der Waals surface area contributed by atoms with Crippen LogP contribution in [0.4, 0.5) is 0 Å². The molecule has 0 saturated carbocycles. The largest absolute Gasteiger partial charge is 0.299 e. The molecule has 0 spiro atoms. The highest BCUT2D eigenvalue weighted by Crippen LogP contribution is 2.17. The zero-order valence-corrected chi connectivity index (χ0v) is 9.28. The van der Waals surface area contributed by atoms with Gasteiger partial charge in [0.1, 0.15) is 5.78 Å². The molecular weight excluding hydrogens is 180 g/mol. The van der Waals surface area contributed by atoms with E-state index in [-0.39, 0.29) is 5.92 Å². The van der Waals surface area contributed by atoms with Gasteiger partial charge >= 0.3 is 0 Å². The van der Waals surface area contributed by atoms with Gasteiger partial charge in [-0.05, 0) is 30.4 Å². The van der Waals surface area contributed by atoms with Gasteiger partial charge in [0.2, 0.25) is 0 Å². The van der Waals surface area contributed by atoms with Gasteiger partial charge in [-0.2, -0.15) is 0 Å². The minimum Gasteiger partial charge on any atom is -0.299 e. The molecule has 0 fully saturated rings. The van der Waals surface area contributed by atoms with Crippen LogP contribution in [0.3, 0.4) is 0 Å². The van der Waals surface area contributed by atoms with Crippen molar-refractivity contribution in [1.82, 2.24) is 0 Å². The van der Waals surface area contributed by atoms with Crippen LogP contribution in [-0.2, 0) is 11.2 Å². The third kappa shape index (κ3) is 2.96. The third-order valence-electron chi connectivity index (χ3n) is 2.25. The van der Waals surface area contributed by atoms with Crippen molar-refractivity contribution < 1.29 is 4.79 Å². The first-order valence-electron chi connectivity index (χ1n) is 4.67. The van der Waals surface area contributed by atoms with Crippen LogP contribution in [0.5, 0.6) is 0 Å². The third-order valence-corrected chi connectivity index (χ3v) is 3.14. The summed E-state index contributed by atoms with van der Waals surface area (Å²) in [5.41, 5.74) is 1.33. The number of hydrogen-bond acceptors (Lipinski definition) is 2. The van der Waals surface area contributed by atoms with E-state index in [4.69, 9.17) is 0 Å². The van der Waals surface area contributed by atoms with E-state index in [1.807, 2.05) is 13.8 Å². The number of carbonyl (C=O) groups is 1. The molecule has 1 rings (SSSR count). The number of carbonyl (C=O) groups excluding carboxylic acids is 1. The molecule has 2 heteroatoms. The van der Waals surface area contributed by atoms with Crippen LogP contribution >= 0.6 is 11.3 Å². The fraction of sp³-hybridized carbons (Fsp3) is 0.545. The van der Waals surface area contributed by atoms with Crippen LogP contribution in [0.2, 0.25) is 0 Å². The van der Waals surface area contributed by atoms with Gasteiger partial charge in [0.25, 0.3) is 0 Å². The monoisotopic (exact) mass is 196 g/mol. The first-order chi connectivity index (χ1) is 6.11. The lowest BCUT2D eigenvalue weighted by molar-refractivity contribution is -0.121. The summed E-state index contributed by atoms with van der Waals surface area (Å²) >= 11 is 1.75. The van der Waals surface area contributed by atoms with Gasteiger partial charge in [0, 0.05) is 17.2 Å². The normalized spacial score (nSPS) is 10.8. The molecule has 0 bridgehead atoms. The van der Waals surface area contributed by atoms with Gasteiger partial charge in [0.15, 0.2) is 0 Å². The zero-order valence-electron chi connectivity index (χ0n) is 8.46. The number of aryl methyl sites for hydroxylation is 2. The van der Waals surface area contributed by atoms with Crippen molar-refractivity contribution in [3.8, 4) is 0 Å². The number of rotatable bonds is 4. The second-order valence-corrected chi connectivity index (χ2v) is 4.74. The molecule has 0 amide bonds. The average molecular weight is 196 g/mol. The van der Waals surface area contributed by atoms with Gasteiger partial charge in [-0.25, -0.2) is 0 Å². The van der Waals surface area contributed by atoms with Crippen LogP contribution in [-0.4, -0.2) is 5.78 Å². The smallest absolute Gasteiger partial charge is 0.135 e. The SMILES string of the molecule is Cc1sccc1CCC(=O)C(C)C. The van der Waals surface area contributed by atoms with Crippen molar-refractivity contribution in [2.45, 2.75) is 33.6 Å². The maximum atomic E-state index is 11.4. The van der Waals surface area contributed by atoms with E-state index in [0.717, 1.165) is 6.42 Å². The zero-order chi connectivity index (χ0) is 9.84. The summed E-state index contributed by atoms with van der Waals surface area (Å²) in [6.07, 6.45) is 1.60. The molecule has 0 N–H and O–H groups in total. The van der Waals surface area contributed by atoms with Gasteiger partial charge in [0.05, 0.1) is 0 Å². The number of thiophene rings is 1. The lowest BCUT2D eigenvalue weighted by atomic mass is 10.0. The summed E-state index contributed by atoms with van der Waals surface area (Å²) < 4.78 is 0. The van der Waals surface area contributed by atoms with Crippen LogP contribution in [0.25, 0.3) is 0 Å². The lowest BCUT2D eigenvalue weighted by Crippen LogP contribution is -2.07. The summed E-state index contributed by atoms with van der Waals surface area (Å²) in [6, 6.07) is 2.12. The first kappa shape index (κ1) is 10.5.